The number of aliphatic hydroxyl groups excluding tert-OH is 1. The van der Waals surface area contributed by atoms with Gasteiger partial charge in [-0.25, -0.2) is 4.98 Å². The number of rotatable bonds is 7. The van der Waals surface area contributed by atoms with Crippen molar-refractivity contribution >= 4 is 34.2 Å². The quantitative estimate of drug-likeness (QED) is 0.384. The lowest BCUT2D eigenvalue weighted by molar-refractivity contribution is -0.117. The van der Waals surface area contributed by atoms with E-state index in [1.807, 2.05) is 66.1 Å². The molecule has 4 aromatic rings. The second kappa shape index (κ2) is 9.72. The van der Waals surface area contributed by atoms with Gasteiger partial charge in [0.2, 0.25) is 5.91 Å². The molecule has 3 aromatic carbocycles. The number of nitrogens with zero attached hydrogens (tertiary/aromatic N) is 3. The summed E-state index contributed by atoms with van der Waals surface area (Å²) >= 11 is 6.02. The third-order valence-electron chi connectivity index (χ3n) is 6.63. The Labute approximate surface area is 209 Å². The Balaban J connectivity index is 1.37. The van der Waals surface area contributed by atoms with Crippen molar-refractivity contribution in [3.63, 3.8) is 0 Å². The largest absolute Gasteiger partial charge is 0.491 e. The molecule has 2 atom stereocenters. The number of amides is 1. The molecule has 0 bridgehead atoms. The van der Waals surface area contributed by atoms with Gasteiger partial charge in [0.1, 0.15) is 24.3 Å². The predicted molar refractivity (Wildman–Crippen MR) is 138 cm³/mol. The number of benzene rings is 3. The number of aromatic nitrogens is 2. The summed E-state index contributed by atoms with van der Waals surface area (Å²) in [7, 11) is 0. The van der Waals surface area contributed by atoms with E-state index in [1.165, 1.54) is 5.56 Å². The topological polar surface area (TPSA) is 67.6 Å². The highest BCUT2D eigenvalue weighted by Gasteiger charge is 2.35. The zero-order valence-electron chi connectivity index (χ0n) is 19.8. The number of hydrogen-bond donors (Lipinski definition) is 1. The van der Waals surface area contributed by atoms with Crippen LogP contribution in [0.15, 0.2) is 66.7 Å². The molecule has 6 nitrogen and oxygen atoms in total. The Morgan fingerprint density at radius 2 is 1.86 bits per heavy atom. The van der Waals surface area contributed by atoms with Crippen molar-refractivity contribution < 1.29 is 14.6 Å². The van der Waals surface area contributed by atoms with Gasteiger partial charge in [0, 0.05) is 29.6 Å². The van der Waals surface area contributed by atoms with Gasteiger partial charge in [-0.1, -0.05) is 29.8 Å². The van der Waals surface area contributed by atoms with Gasteiger partial charge in [0.15, 0.2) is 0 Å². The molecule has 1 fully saturated rings. The Morgan fingerprint density at radius 1 is 1.09 bits per heavy atom. The van der Waals surface area contributed by atoms with Gasteiger partial charge in [-0.15, -0.1) is 0 Å². The first kappa shape index (κ1) is 23.4. The van der Waals surface area contributed by atoms with Crippen molar-refractivity contribution in [1.82, 2.24) is 9.55 Å². The third-order valence-corrected chi connectivity index (χ3v) is 6.88. The molecule has 0 spiro atoms. The smallest absolute Gasteiger partial charge is 0.227 e. The number of imidazole rings is 1. The number of fused-ring (bicyclic) bond motifs is 1. The molecule has 2 unspecified atom stereocenters. The van der Waals surface area contributed by atoms with Crippen molar-refractivity contribution in [3.8, 4) is 5.75 Å². The zero-order chi connectivity index (χ0) is 24.5. The van der Waals surface area contributed by atoms with Crippen LogP contribution in [0.4, 0.5) is 5.69 Å². The van der Waals surface area contributed by atoms with Crippen LogP contribution in [0.3, 0.4) is 0 Å². The van der Waals surface area contributed by atoms with Gasteiger partial charge in [-0.05, 0) is 73.5 Å². The minimum atomic E-state index is -0.738. The molecule has 35 heavy (non-hydrogen) atoms. The van der Waals surface area contributed by atoms with Crippen LogP contribution in [0.25, 0.3) is 11.0 Å². The maximum atomic E-state index is 12.9. The number of hydrogen-bond acceptors (Lipinski definition) is 4. The summed E-state index contributed by atoms with van der Waals surface area (Å²) < 4.78 is 7.91. The molecule has 180 valence electrons. The fourth-order valence-electron chi connectivity index (χ4n) is 4.61. The molecular weight excluding hydrogens is 462 g/mol. The van der Waals surface area contributed by atoms with Gasteiger partial charge in [-0.2, -0.15) is 0 Å². The summed E-state index contributed by atoms with van der Waals surface area (Å²) in [6.45, 7) is 5.11. The first-order chi connectivity index (χ1) is 16.9. The molecule has 0 saturated carbocycles. The molecule has 7 heteroatoms. The van der Waals surface area contributed by atoms with E-state index in [2.05, 4.69) is 6.92 Å². The average Bonchev–Trinajstić information content (AvgIpc) is 3.41. The molecule has 1 amide bonds. The van der Waals surface area contributed by atoms with E-state index in [0.717, 1.165) is 33.9 Å². The molecule has 1 aliphatic heterocycles. The fraction of sp³-hybridized carbons (Fsp3) is 0.286. The third kappa shape index (κ3) is 4.90. The first-order valence-electron chi connectivity index (χ1n) is 11.8. The summed E-state index contributed by atoms with van der Waals surface area (Å²) in [6.07, 6.45) is -0.376. The summed E-state index contributed by atoms with van der Waals surface area (Å²) in [6, 6.07) is 21.1. The minimum absolute atomic E-state index is 0.0505. The summed E-state index contributed by atoms with van der Waals surface area (Å²) in [5, 5.41) is 11.5. The van der Waals surface area contributed by atoms with Crippen molar-refractivity contribution in [2.24, 2.45) is 0 Å². The summed E-state index contributed by atoms with van der Waals surface area (Å²) in [5.74, 6) is 1.51. The Bertz CT molecular complexity index is 1370. The van der Waals surface area contributed by atoms with Crippen LogP contribution in [0.5, 0.6) is 5.75 Å². The SMILES string of the molecule is Cc1ccc(OCC(O)Cn2c(C3CC(=O)N(c4ccc(Cl)cc4)C3)nc3ccccc32)cc1C. The number of aryl methyl sites for hydroxylation is 2. The lowest BCUT2D eigenvalue weighted by Crippen LogP contribution is -2.26. The summed E-state index contributed by atoms with van der Waals surface area (Å²) in [5.41, 5.74) is 4.96. The first-order valence-corrected chi connectivity index (χ1v) is 12.2. The van der Waals surface area contributed by atoms with Gasteiger partial charge in [0.05, 0.1) is 17.6 Å². The second-order valence-electron chi connectivity index (χ2n) is 9.16. The van der Waals surface area contributed by atoms with Crippen LogP contribution in [-0.2, 0) is 11.3 Å². The van der Waals surface area contributed by atoms with Crippen molar-refractivity contribution in [2.45, 2.75) is 38.8 Å². The number of ether oxygens (including phenoxy) is 1. The normalized spacial score (nSPS) is 16.7. The van der Waals surface area contributed by atoms with E-state index in [9.17, 15) is 9.90 Å². The fourth-order valence-corrected chi connectivity index (χ4v) is 4.73. The van der Waals surface area contributed by atoms with Crippen LogP contribution in [0, 0.1) is 13.8 Å². The van der Waals surface area contributed by atoms with Crippen molar-refractivity contribution in [3.05, 3.63) is 88.7 Å². The number of carbonyl (C=O) groups is 1. The van der Waals surface area contributed by atoms with E-state index < -0.39 is 6.10 Å². The van der Waals surface area contributed by atoms with E-state index in [1.54, 1.807) is 17.0 Å². The minimum Gasteiger partial charge on any atom is -0.491 e. The zero-order valence-corrected chi connectivity index (χ0v) is 20.6. The van der Waals surface area contributed by atoms with Gasteiger partial charge < -0.3 is 19.3 Å². The molecule has 2 heterocycles. The molecule has 1 saturated heterocycles. The van der Waals surface area contributed by atoms with Gasteiger partial charge >= 0.3 is 0 Å². The van der Waals surface area contributed by atoms with E-state index in [4.69, 9.17) is 21.3 Å². The average molecular weight is 490 g/mol. The molecule has 5 rings (SSSR count). The van der Waals surface area contributed by atoms with Gasteiger partial charge in [0.25, 0.3) is 0 Å². The molecule has 1 aliphatic rings. The van der Waals surface area contributed by atoms with Crippen LogP contribution >= 0.6 is 11.6 Å². The monoisotopic (exact) mass is 489 g/mol. The molecule has 1 N–H and O–H groups in total. The van der Waals surface area contributed by atoms with E-state index >= 15 is 0 Å². The second-order valence-corrected chi connectivity index (χ2v) is 9.60. The lowest BCUT2D eigenvalue weighted by Gasteiger charge is -2.19. The molecule has 0 radical (unpaired) electrons. The van der Waals surface area contributed by atoms with E-state index in [-0.39, 0.29) is 18.4 Å². The highest BCUT2D eigenvalue weighted by atomic mass is 35.5. The predicted octanol–water partition coefficient (Wildman–Crippen LogP) is 5.27. The Hall–Kier alpha value is -3.35. The number of aliphatic hydroxyl groups is 1. The molecule has 1 aromatic heterocycles. The maximum Gasteiger partial charge on any atom is 0.227 e. The number of halogens is 1. The summed E-state index contributed by atoms with van der Waals surface area (Å²) in [4.78, 5) is 19.5. The van der Waals surface area contributed by atoms with Crippen LogP contribution in [0.2, 0.25) is 5.02 Å². The van der Waals surface area contributed by atoms with Crippen LogP contribution in [-0.4, -0.2) is 39.8 Å². The highest BCUT2D eigenvalue weighted by molar-refractivity contribution is 6.30. The lowest BCUT2D eigenvalue weighted by atomic mass is 10.1. The van der Waals surface area contributed by atoms with Crippen molar-refractivity contribution in [2.75, 3.05) is 18.1 Å². The van der Waals surface area contributed by atoms with Crippen LogP contribution in [0.1, 0.15) is 29.3 Å². The Kier molecular flexibility index (Phi) is 6.50. The maximum absolute atomic E-state index is 12.9. The molecule has 0 aliphatic carbocycles. The van der Waals surface area contributed by atoms with Gasteiger partial charge in [-0.3, -0.25) is 4.79 Å². The highest BCUT2D eigenvalue weighted by Crippen LogP contribution is 2.33. The van der Waals surface area contributed by atoms with Crippen LogP contribution < -0.4 is 9.64 Å². The van der Waals surface area contributed by atoms with Crippen molar-refractivity contribution in [1.29, 1.82) is 0 Å². The molecular formula is C28H28ClN3O3. The number of anilines is 1. The Morgan fingerprint density at radius 3 is 2.63 bits per heavy atom. The standard InChI is InChI=1S/C28H28ClN3O3/c1-18-7-12-24(13-19(18)2)35-17-23(33)16-32-26-6-4-3-5-25(26)30-28(32)20-14-27(34)31(15-20)22-10-8-21(29)9-11-22/h3-13,20,23,33H,14-17H2,1-2H3. The van der Waals surface area contributed by atoms with E-state index in [0.29, 0.717) is 24.5 Å². The number of carbonyl (C=O) groups excluding carboxylic acids is 1. The number of para-hydroxylation sites is 2.